The van der Waals surface area contributed by atoms with Crippen LogP contribution in [-0.2, 0) is 10.5 Å². The van der Waals surface area contributed by atoms with Crippen LogP contribution in [0.25, 0.3) is 16.9 Å². The zero-order valence-corrected chi connectivity index (χ0v) is 21.2. The van der Waals surface area contributed by atoms with E-state index in [1.165, 1.54) is 5.69 Å². The van der Waals surface area contributed by atoms with E-state index >= 15 is 0 Å². The summed E-state index contributed by atoms with van der Waals surface area (Å²) in [5.41, 5.74) is 5.38. The number of amides is 1. The molecule has 184 valence electrons. The lowest BCUT2D eigenvalue weighted by molar-refractivity contribution is -0.128. The molecule has 0 aliphatic carbocycles. The summed E-state index contributed by atoms with van der Waals surface area (Å²) < 4.78 is 7.18. The molecule has 3 aromatic carbocycles. The Hall–Kier alpha value is -3.71. The molecule has 1 saturated heterocycles. The standard InChI is InChI=1S/C29H30N4O2S/c1-35-27-14-12-25(13-15-27)31-16-18-32(19-17-31)28(34)22-36-21-24-20-33(26-10-6-3-7-11-26)30-29(24)23-8-4-2-5-9-23/h2-15,20H,16-19,21-22H2,1H3. The number of rotatable bonds is 8. The molecule has 1 fully saturated rings. The summed E-state index contributed by atoms with van der Waals surface area (Å²) in [7, 11) is 1.68. The van der Waals surface area contributed by atoms with Gasteiger partial charge in [-0.05, 0) is 36.4 Å². The van der Waals surface area contributed by atoms with E-state index in [-0.39, 0.29) is 5.91 Å². The van der Waals surface area contributed by atoms with E-state index in [0.29, 0.717) is 5.75 Å². The zero-order chi connectivity index (χ0) is 24.7. The Kier molecular flexibility index (Phi) is 7.57. The quantitative estimate of drug-likeness (QED) is 0.337. The summed E-state index contributed by atoms with van der Waals surface area (Å²) in [4.78, 5) is 17.3. The summed E-state index contributed by atoms with van der Waals surface area (Å²) >= 11 is 1.65. The number of hydrogen-bond donors (Lipinski definition) is 0. The maximum absolute atomic E-state index is 12.9. The highest BCUT2D eigenvalue weighted by Gasteiger charge is 2.21. The van der Waals surface area contributed by atoms with Crippen LogP contribution in [0.3, 0.4) is 0 Å². The summed E-state index contributed by atoms with van der Waals surface area (Å²) in [5, 5.41) is 4.88. The largest absolute Gasteiger partial charge is 0.497 e. The highest BCUT2D eigenvalue weighted by molar-refractivity contribution is 7.99. The van der Waals surface area contributed by atoms with Crippen LogP contribution in [0.5, 0.6) is 5.75 Å². The summed E-state index contributed by atoms with van der Waals surface area (Å²) in [6, 6.07) is 28.5. The second kappa shape index (κ2) is 11.4. The van der Waals surface area contributed by atoms with Crippen molar-refractivity contribution in [1.29, 1.82) is 0 Å². The number of nitrogens with zero attached hydrogens (tertiary/aromatic N) is 4. The number of para-hydroxylation sites is 1. The molecule has 0 spiro atoms. The van der Waals surface area contributed by atoms with Gasteiger partial charge in [0.2, 0.25) is 5.91 Å². The molecule has 0 radical (unpaired) electrons. The first kappa shape index (κ1) is 24.0. The van der Waals surface area contributed by atoms with Gasteiger partial charge in [-0.2, -0.15) is 5.10 Å². The molecule has 1 aliphatic heterocycles. The molecule has 6 nitrogen and oxygen atoms in total. The number of carbonyl (C=O) groups excluding carboxylic acids is 1. The summed E-state index contributed by atoms with van der Waals surface area (Å²) in [6.45, 7) is 3.16. The predicted molar refractivity (Wildman–Crippen MR) is 147 cm³/mol. The van der Waals surface area contributed by atoms with Crippen molar-refractivity contribution >= 4 is 23.4 Å². The van der Waals surface area contributed by atoms with E-state index in [9.17, 15) is 4.79 Å². The number of aromatic nitrogens is 2. The molecule has 4 aromatic rings. The Bertz CT molecular complexity index is 1270. The molecular weight excluding hydrogens is 468 g/mol. The molecular formula is C29H30N4O2S. The van der Waals surface area contributed by atoms with Gasteiger partial charge in [-0.3, -0.25) is 4.79 Å². The summed E-state index contributed by atoms with van der Waals surface area (Å²) in [6.07, 6.45) is 2.09. The monoisotopic (exact) mass is 498 g/mol. The molecule has 36 heavy (non-hydrogen) atoms. The summed E-state index contributed by atoms with van der Waals surface area (Å²) in [5.74, 6) is 2.25. The normalized spacial score (nSPS) is 13.6. The SMILES string of the molecule is COc1ccc(N2CCN(C(=O)CSCc3cn(-c4ccccc4)nc3-c3ccccc3)CC2)cc1. The minimum Gasteiger partial charge on any atom is -0.497 e. The maximum Gasteiger partial charge on any atom is 0.232 e. The van der Waals surface area contributed by atoms with Gasteiger partial charge in [-0.15, -0.1) is 11.8 Å². The Morgan fingerprint density at radius 3 is 2.19 bits per heavy atom. The molecule has 0 unspecified atom stereocenters. The average Bonchev–Trinajstić information content (AvgIpc) is 3.38. The third-order valence-corrected chi connectivity index (χ3v) is 7.38. The van der Waals surface area contributed by atoms with E-state index in [2.05, 4.69) is 35.4 Å². The molecule has 1 amide bonds. The van der Waals surface area contributed by atoms with Gasteiger partial charge in [-0.25, -0.2) is 4.68 Å². The van der Waals surface area contributed by atoms with Crippen molar-refractivity contribution in [2.45, 2.75) is 5.75 Å². The molecule has 2 heterocycles. The minimum absolute atomic E-state index is 0.200. The van der Waals surface area contributed by atoms with Gasteiger partial charge in [0, 0.05) is 54.9 Å². The van der Waals surface area contributed by atoms with Crippen molar-refractivity contribution in [1.82, 2.24) is 14.7 Å². The topological polar surface area (TPSA) is 50.6 Å². The van der Waals surface area contributed by atoms with Gasteiger partial charge in [0.1, 0.15) is 5.75 Å². The first-order chi connectivity index (χ1) is 17.7. The predicted octanol–water partition coefficient (Wildman–Crippen LogP) is 5.13. The highest BCUT2D eigenvalue weighted by atomic mass is 32.2. The fraction of sp³-hybridized carbons (Fsp3) is 0.241. The van der Waals surface area contributed by atoms with Crippen molar-refractivity contribution in [2.24, 2.45) is 0 Å². The Morgan fingerprint density at radius 1 is 0.861 bits per heavy atom. The molecule has 1 aromatic heterocycles. The zero-order valence-electron chi connectivity index (χ0n) is 20.4. The van der Waals surface area contributed by atoms with Gasteiger partial charge in [0.25, 0.3) is 0 Å². The fourth-order valence-electron chi connectivity index (χ4n) is 4.41. The van der Waals surface area contributed by atoms with Crippen molar-refractivity contribution in [3.8, 4) is 22.7 Å². The van der Waals surface area contributed by atoms with Crippen LogP contribution in [0.15, 0.2) is 91.1 Å². The van der Waals surface area contributed by atoms with Crippen LogP contribution in [0.2, 0.25) is 0 Å². The van der Waals surface area contributed by atoms with Crippen LogP contribution in [0.1, 0.15) is 5.56 Å². The number of piperazine rings is 1. The number of carbonyl (C=O) groups is 1. The van der Waals surface area contributed by atoms with E-state index in [1.54, 1.807) is 18.9 Å². The molecule has 5 rings (SSSR count). The van der Waals surface area contributed by atoms with E-state index in [1.807, 2.05) is 70.2 Å². The number of benzene rings is 3. The number of hydrogen-bond acceptors (Lipinski definition) is 5. The van der Waals surface area contributed by atoms with Crippen molar-refractivity contribution in [2.75, 3.05) is 43.9 Å². The van der Waals surface area contributed by atoms with Gasteiger partial charge >= 0.3 is 0 Å². The molecule has 0 N–H and O–H groups in total. The van der Waals surface area contributed by atoms with Crippen LogP contribution < -0.4 is 9.64 Å². The second-order valence-electron chi connectivity index (χ2n) is 8.71. The number of methoxy groups -OCH3 is 1. The van der Waals surface area contributed by atoms with Gasteiger partial charge < -0.3 is 14.5 Å². The molecule has 1 aliphatic rings. The Labute approximate surface area is 216 Å². The minimum atomic E-state index is 0.200. The lowest BCUT2D eigenvalue weighted by atomic mass is 10.1. The number of anilines is 1. The number of ether oxygens (including phenoxy) is 1. The van der Waals surface area contributed by atoms with E-state index in [4.69, 9.17) is 9.84 Å². The lowest BCUT2D eigenvalue weighted by Gasteiger charge is -2.36. The Morgan fingerprint density at radius 2 is 1.53 bits per heavy atom. The Balaban J connectivity index is 1.19. The van der Waals surface area contributed by atoms with Crippen molar-refractivity contribution < 1.29 is 9.53 Å². The maximum atomic E-state index is 12.9. The van der Waals surface area contributed by atoms with Gasteiger partial charge in [-0.1, -0.05) is 48.5 Å². The molecule has 0 bridgehead atoms. The van der Waals surface area contributed by atoms with Gasteiger partial charge in [0.05, 0.1) is 24.2 Å². The molecule has 0 atom stereocenters. The van der Waals surface area contributed by atoms with E-state index in [0.717, 1.165) is 60.2 Å². The third kappa shape index (κ3) is 5.57. The molecule has 0 saturated carbocycles. The van der Waals surface area contributed by atoms with E-state index < -0.39 is 0 Å². The number of thioether (sulfide) groups is 1. The van der Waals surface area contributed by atoms with Crippen molar-refractivity contribution in [3.05, 3.63) is 96.7 Å². The van der Waals surface area contributed by atoms with Crippen LogP contribution in [0, 0.1) is 0 Å². The first-order valence-electron chi connectivity index (χ1n) is 12.1. The van der Waals surface area contributed by atoms with Gasteiger partial charge in [0.15, 0.2) is 0 Å². The van der Waals surface area contributed by atoms with Crippen molar-refractivity contribution in [3.63, 3.8) is 0 Å². The third-order valence-electron chi connectivity index (χ3n) is 6.41. The second-order valence-corrected chi connectivity index (χ2v) is 9.69. The lowest BCUT2D eigenvalue weighted by Crippen LogP contribution is -2.49. The van der Waals surface area contributed by atoms with Crippen LogP contribution >= 0.6 is 11.8 Å². The first-order valence-corrected chi connectivity index (χ1v) is 13.3. The average molecular weight is 499 g/mol. The van der Waals surface area contributed by atoms with Crippen LogP contribution in [-0.4, -0.2) is 59.6 Å². The fourth-order valence-corrected chi connectivity index (χ4v) is 5.30. The van der Waals surface area contributed by atoms with Crippen LogP contribution in [0.4, 0.5) is 5.69 Å². The smallest absolute Gasteiger partial charge is 0.232 e. The highest BCUT2D eigenvalue weighted by Crippen LogP contribution is 2.27. The molecule has 7 heteroatoms.